The summed E-state index contributed by atoms with van der Waals surface area (Å²) in [7, 11) is 0. The van der Waals surface area contributed by atoms with Crippen LogP contribution in [0.25, 0.3) is 5.57 Å². The zero-order valence-corrected chi connectivity index (χ0v) is 9.25. The minimum Gasteiger partial charge on any atom is -0.398 e. The van der Waals surface area contributed by atoms with Crippen molar-refractivity contribution in [2.75, 3.05) is 5.73 Å². The first-order valence-corrected chi connectivity index (χ1v) is 5.08. The Hall–Kier alpha value is -2.16. The molecule has 1 aliphatic heterocycles. The molecule has 0 radical (unpaired) electrons. The van der Waals surface area contributed by atoms with Crippen LogP contribution >= 0.6 is 0 Å². The van der Waals surface area contributed by atoms with E-state index in [4.69, 9.17) is 11.5 Å². The van der Waals surface area contributed by atoms with E-state index in [1.54, 1.807) is 0 Å². The van der Waals surface area contributed by atoms with E-state index in [9.17, 15) is 0 Å². The van der Waals surface area contributed by atoms with Gasteiger partial charge in [0.15, 0.2) is 0 Å². The van der Waals surface area contributed by atoms with Gasteiger partial charge in [-0.05, 0) is 30.2 Å². The third kappa shape index (κ3) is 1.67. The van der Waals surface area contributed by atoms with Crippen molar-refractivity contribution in [2.24, 2.45) is 5.73 Å². The highest BCUT2D eigenvalue weighted by Crippen LogP contribution is 2.26. The number of nitrogens with one attached hydrogen (secondary N) is 1. The molecule has 1 aromatic rings. The molecule has 0 atom stereocenters. The summed E-state index contributed by atoms with van der Waals surface area (Å²) in [6.07, 6.45) is 3.79. The number of hydrogen-bond donors (Lipinski definition) is 3. The predicted molar refractivity (Wildman–Crippen MR) is 68.1 cm³/mol. The molecule has 0 aromatic heterocycles. The van der Waals surface area contributed by atoms with Crippen LogP contribution in [0.5, 0.6) is 0 Å². The molecule has 0 bridgehead atoms. The SMILES string of the molecule is C=C1NC=C(c2cccc(N)c2C)C=C1N. The van der Waals surface area contributed by atoms with Gasteiger partial charge in [-0.3, -0.25) is 0 Å². The van der Waals surface area contributed by atoms with Crippen molar-refractivity contribution < 1.29 is 0 Å². The molecule has 1 aromatic carbocycles. The van der Waals surface area contributed by atoms with Gasteiger partial charge in [-0.15, -0.1) is 0 Å². The number of nitrogens with two attached hydrogens (primary N) is 2. The van der Waals surface area contributed by atoms with E-state index in [1.165, 1.54) is 0 Å². The van der Waals surface area contributed by atoms with Crippen LogP contribution in [0.2, 0.25) is 0 Å². The molecular formula is C13H15N3. The van der Waals surface area contributed by atoms with Gasteiger partial charge in [-0.25, -0.2) is 0 Å². The number of allylic oxidation sites excluding steroid dienone is 2. The number of rotatable bonds is 1. The zero-order chi connectivity index (χ0) is 11.7. The molecule has 0 amide bonds. The molecule has 1 aliphatic rings. The van der Waals surface area contributed by atoms with E-state index >= 15 is 0 Å². The molecule has 3 nitrogen and oxygen atoms in total. The Labute approximate surface area is 95.1 Å². The van der Waals surface area contributed by atoms with E-state index < -0.39 is 0 Å². The zero-order valence-electron chi connectivity index (χ0n) is 9.25. The molecule has 0 unspecified atom stereocenters. The summed E-state index contributed by atoms with van der Waals surface area (Å²) in [5.41, 5.74) is 17.0. The number of benzene rings is 1. The second-order valence-electron chi connectivity index (χ2n) is 3.84. The van der Waals surface area contributed by atoms with Crippen LogP contribution in [0.4, 0.5) is 5.69 Å². The summed E-state index contributed by atoms with van der Waals surface area (Å²) < 4.78 is 0. The average Bonchev–Trinajstić information content (AvgIpc) is 2.26. The third-order valence-corrected chi connectivity index (χ3v) is 2.75. The molecule has 0 spiro atoms. The molecule has 1 heterocycles. The van der Waals surface area contributed by atoms with Crippen molar-refractivity contribution in [3.8, 4) is 0 Å². The lowest BCUT2D eigenvalue weighted by molar-refractivity contribution is 1.05. The van der Waals surface area contributed by atoms with Gasteiger partial charge in [0.1, 0.15) is 0 Å². The van der Waals surface area contributed by atoms with Crippen LogP contribution in [0.15, 0.2) is 48.4 Å². The maximum atomic E-state index is 5.87. The predicted octanol–water partition coefficient (Wildman–Crippen LogP) is 1.88. The summed E-state index contributed by atoms with van der Waals surface area (Å²) in [6.45, 7) is 5.79. The van der Waals surface area contributed by atoms with Gasteiger partial charge in [0, 0.05) is 17.5 Å². The molecule has 82 valence electrons. The Bertz CT molecular complexity index is 510. The Morgan fingerprint density at radius 1 is 1.25 bits per heavy atom. The van der Waals surface area contributed by atoms with Crippen LogP contribution in [0, 0.1) is 6.92 Å². The minimum absolute atomic E-state index is 0.652. The topological polar surface area (TPSA) is 64.1 Å². The lowest BCUT2D eigenvalue weighted by Gasteiger charge is -2.16. The summed E-state index contributed by atoms with van der Waals surface area (Å²) in [4.78, 5) is 0. The Morgan fingerprint density at radius 2 is 2.00 bits per heavy atom. The van der Waals surface area contributed by atoms with E-state index in [-0.39, 0.29) is 0 Å². The molecule has 0 fully saturated rings. The Morgan fingerprint density at radius 3 is 2.69 bits per heavy atom. The molecule has 3 heteroatoms. The number of anilines is 1. The quantitative estimate of drug-likeness (QED) is 0.624. The average molecular weight is 213 g/mol. The van der Waals surface area contributed by atoms with Crippen molar-refractivity contribution in [2.45, 2.75) is 6.92 Å². The molecule has 0 saturated heterocycles. The fourth-order valence-electron chi connectivity index (χ4n) is 1.67. The van der Waals surface area contributed by atoms with Crippen molar-refractivity contribution >= 4 is 11.3 Å². The highest BCUT2D eigenvalue weighted by atomic mass is 14.9. The third-order valence-electron chi connectivity index (χ3n) is 2.75. The molecule has 0 saturated carbocycles. The Balaban J connectivity index is 2.47. The fraction of sp³-hybridized carbons (Fsp3) is 0.0769. The van der Waals surface area contributed by atoms with Crippen LogP contribution in [-0.2, 0) is 0 Å². The second-order valence-corrected chi connectivity index (χ2v) is 3.84. The highest BCUT2D eigenvalue weighted by Gasteiger charge is 2.10. The lowest BCUT2D eigenvalue weighted by Crippen LogP contribution is -2.16. The second kappa shape index (κ2) is 3.77. The first kappa shape index (κ1) is 10.4. The van der Waals surface area contributed by atoms with E-state index in [0.717, 1.165) is 28.1 Å². The van der Waals surface area contributed by atoms with Crippen LogP contribution < -0.4 is 16.8 Å². The number of nitrogen functional groups attached to an aromatic ring is 1. The molecule has 2 rings (SSSR count). The summed E-state index contributed by atoms with van der Waals surface area (Å²) in [6, 6.07) is 5.85. The van der Waals surface area contributed by atoms with Crippen LogP contribution in [0.3, 0.4) is 0 Å². The van der Waals surface area contributed by atoms with Gasteiger partial charge in [0.05, 0.1) is 11.4 Å². The van der Waals surface area contributed by atoms with E-state index in [2.05, 4.69) is 11.9 Å². The molecule has 5 N–H and O–H groups in total. The van der Waals surface area contributed by atoms with Gasteiger partial charge in [0.2, 0.25) is 0 Å². The van der Waals surface area contributed by atoms with Gasteiger partial charge in [-0.2, -0.15) is 0 Å². The van der Waals surface area contributed by atoms with Gasteiger partial charge >= 0.3 is 0 Å². The van der Waals surface area contributed by atoms with Crippen LogP contribution in [-0.4, -0.2) is 0 Å². The largest absolute Gasteiger partial charge is 0.398 e. The standard InChI is InChI=1S/C13H15N3/c1-8-11(4-3-5-12(8)14)10-6-13(15)9(2)16-7-10/h3-7,16H,2,14-15H2,1H3. The molecular weight excluding hydrogens is 198 g/mol. The summed E-state index contributed by atoms with van der Waals surface area (Å²) in [5.74, 6) is 0. The summed E-state index contributed by atoms with van der Waals surface area (Å²) >= 11 is 0. The van der Waals surface area contributed by atoms with E-state index in [0.29, 0.717) is 5.70 Å². The van der Waals surface area contributed by atoms with Gasteiger partial charge in [0.25, 0.3) is 0 Å². The summed E-state index contributed by atoms with van der Waals surface area (Å²) in [5, 5.41) is 3.04. The molecule has 16 heavy (non-hydrogen) atoms. The van der Waals surface area contributed by atoms with Crippen molar-refractivity contribution in [3.63, 3.8) is 0 Å². The highest BCUT2D eigenvalue weighted by molar-refractivity contribution is 5.80. The first-order valence-electron chi connectivity index (χ1n) is 5.08. The maximum Gasteiger partial charge on any atom is 0.0553 e. The maximum absolute atomic E-state index is 5.87. The fourth-order valence-corrected chi connectivity index (χ4v) is 1.67. The van der Waals surface area contributed by atoms with Crippen molar-refractivity contribution in [1.82, 2.24) is 5.32 Å². The van der Waals surface area contributed by atoms with Gasteiger partial charge < -0.3 is 16.8 Å². The first-order chi connectivity index (χ1) is 7.59. The van der Waals surface area contributed by atoms with Crippen molar-refractivity contribution in [3.05, 3.63) is 59.6 Å². The lowest BCUT2D eigenvalue weighted by atomic mass is 9.97. The Kier molecular flexibility index (Phi) is 2.44. The van der Waals surface area contributed by atoms with E-state index in [1.807, 2.05) is 37.4 Å². The number of dihydropyridines is 1. The van der Waals surface area contributed by atoms with Crippen LogP contribution in [0.1, 0.15) is 11.1 Å². The normalized spacial score (nSPS) is 15.2. The number of hydrogen-bond acceptors (Lipinski definition) is 3. The van der Waals surface area contributed by atoms with Crippen molar-refractivity contribution in [1.29, 1.82) is 0 Å². The minimum atomic E-state index is 0.652. The van der Waals surface area contributed by atoms with Gasteiger partial charge in [-0.1, -0.05) is 18.7 Å². The monoisotopic (exact) mass is 213 g/mol. The smallest absolute Gasteiger partial charge is 0.0553 e. The molecule has 0 aliphatic carbocycles.